The molecule has 0 unspecified atom stereocenters. The van der Waals surface area contributed by atoms with E-state index in [1.807, 2.05) is 5.09 Å². The normalized spacial score (nSPS) is 9.00. The molecular weight excluding hydrogens is 145 g/mol. The predicted octanol–water partition coefficient (Wildman–Crippen LogP) is -0.775. The number of carbonyl (C=O) groups excluding carboxylic acids is 1. The second kappa shape index (κ2) is 4.38. The lowest BCUT2D eigenvalue weighted by Crippen LogP contribution is -2.18. The van der Waals surface area contributed by atoms with Gasteiger partial charge in [0.25, 0.3) is 0 Å². The Kier molecular flexibility index (Phi) is 4.13. The maximum Gasteiger partial charge on any atom is 0.396 e. The first-order valence-corrected chi connectivity index (χ1v) is 3.35. The summed E-state index contributed by atoms with van der Waals surface area (Å²) < 4.78 is 19.4. The van der Waals surface area contributed by atoms with Crippen LogP contribution < -0.4 is 5.09 Å². The molecule has 0 spiro atoms. The van der Waals surface area contributed by atoms with Crippen LogP contribution in [0.15, 0.2) is 0 Å². The fourth-order valence-electron chi connectivity index (χ4n) is 0.209. The largest absolute Gasteiger partial charge is 0.396 e. The first-order valence-electron chi connectivity index (χ1n) is 2.17. The summed E-state index contributed by atoms with van der Waals surface area (Å²) in [7, 11) is -2.72. The zero-order valence-electron chi connectivity index (χ0n) is 4.53. The van der Waals surface area contributed by atoms with E-state index in [1.54, 1.807) is 0 Å². The SMILES string of the molecule is O=C(CO)CNP(=O)=O. The van der Waals surface area contributed by atoms with E-state index in [0.29, 0.717) is 0 Å². The average molecular weight is 151 g/mol. The van der Waals surface area contributed by atoms with Crippen LogP contribution in [0.3, 0.4) is 0 Å². The Morgan fingerprint density at radius 3 is 2.44 bits per heavy atom. The molecule has 0 radical (unpaired) electrons. The standard InChI is InChI=1S/C3H6NO4P/c5-2-3(6)1-4-9(7)8/h5H,1-2H2,(H,4,7,8). The second-order valence-electron chi connectivity index (χ2n) is 1.29. The van der Waals surface area contributed by atoms with Gasteiger partial charge in [0.2, 0.25) is 0 Å². The molecule has 5 nitrogen and oxygen atoms in total. The van der Waals surface area contributed by atoms with Crippen LogP contribution in [0.5, 0.6) is 0 Å². The van der Waals surface area contributed by atoms with Crippen LogP contribution in [0.4, 0.5) is 0 Å². The van der Waals surface area contributed by atoms with Crippen molar-refractivity contribution in [1.29, 1.82) is 0 Å². The first-order chi connectivity index (χ1) is 4.16. The Morgan fingerprint density at radius 2 is 2.11 bits per heavy atom. The molecule has 2 N–H and O–H groups in total. The van der Waals surface area contributed by atoms with E-state index in [9.17, 15) is 13.9 Å². The van der Waals surface area contributed by atoms with Gasteiger partial charge in [-0.05, 0) is 0 Å². The van der Waals surface area contributed by atoms with Gasteiger partial charge in [0, 0.05) is 0 Å². The monoisotopic (exact) mass is 151 g/mol. The molecule has 0 saturated heterocycles. The van der Waals surface area contributed by atoms with Crippen LogP contribution in [-0.2, 0) is 13.9 Å². The summed E-state index contributed by atoms with van der Waals surface area (Å²) in [5.41, 5.74) is 0. The zero-order valence-corrected chi connectivity index (χ0v) is 5.43. The molecule has 6 heteroatoms. The van der Waals surface area contributed by atoms with Crippen molar-refractivity contribution in [3.8, 4) is 0 Å². The van der Waals surface area contributed by atoms with E-state index in [1.165, 1.54) is 0 Å². The molecule has 52 valence electrons. The topological polar surface area (TPSA) is 83.5 Å². The molecule has 0 saturated carbocycles. The molecule has 0 aromatic heterocycles. The highest BCUT2D eigenvalue weighted by Crippen LogP contribution is 1.90. The lowest BCUT2D eigenvalue weighted by atomic mass is 10.4. The summed E-state index contributed by atoms with van der Waals surface area (Å²) in [6.45, 7) is -0.953. The highest BCUT2D eigenvalue weighted by atomic mass is 31.1. The summed E-state index contributed by atoms with van der Waals surface area (Å²) in [6.07, 6.45) is 0. The summed E-state index contributed by atoms with van der Waals surface area (Å²) in [6, 6.07) is 0. The number of hydrogen-bond acceptors (Lipinski definition) is 4. The Balaban J connectivity index is 3.39. The van der Waals surface area contributed by atoms with Gasteiger partial charge in [0.05, 0.1) is 6.54 Å². The van der Waals surface area contributed by atoms with Crippen molar-refractivity contribution in [2.24, 2.45) is 0 Å². The minimum atomic E-state index is -2.72. The van der Waals surface area contributed by atoms with Gasteiger partial charge in [-0.25, -0.2) is 14.2 Å². The number of aliphatic hydroxyl groups excluding tert-OH is 1. The number of nitrogens with one attached hydrogen (secondary N) is 1. The minimum absolute atomic E-state index is 0.324. The third-order valence-electron chi connectivity index (χ3n) is 0.582. The Hall–Kier alpha value is -0.510. The number of rotatable bonds is 4. The van der Waals surface area contributed by atoms with E-state index < -0.39 is 20.2 Å². The second-order valence-corrected chi connectivity index (χ2v) is 2.12. The van der Waals surface area contributed by atoms with Crippen molar-refractivity contribution in [2.75, 3.05) is 13.2 Å². The molecule has 0 heterocycles. The molecule has 0 rings (SSSR count). The van der Waals surface area contributed by atoms with Crippen molar-refractivity contribution in [2.45, 2.75) is 0 Å². The molecule has 0 aromatic carbocycles. The van der Waals surface area contributed by atoms with E-state index in [-0.39, 0.29) is 6.54 Å². The maximum absolute atomic E-state index is 10.1. The zero-order chi connectivity index (χ0) is 7.28. The maximum atomic E-state index is 10.1. The van der Waals surface area contributed by atoms with Gasteiger partial charge in [-0.15, -0.1) is 0 Å². The molecule has 0 bridgehead atoms. The van der Waals surface area contributed by atoms with Gasteiger partial charge in [0.1, 0.15) is 6.61 Å². The van der Waals surface area contributed by atoms with Gasteiger partial charge in [-0.3, -0.25) is 4.79 Å². The highest BCUT2D eigenvalue weighted by molar-refractivity contribution is 7.28. The Bertz CT molecular complexity index is 155. The molecule has 0 fully saturated rings. The van der Waals surface area contributed by atoms with Crippen LogP contribution in [0.2, 0.25) is 0 Å². The van der Waals surface area contributed by atoms with E-state index in [0.717, 1.165) is 0 Å². The van der Waals surface area contributed by atoms with Crippen LogP contribution in [0.1, 0.15) is 0 Å². The number of carbonyl (C=O) groups is 1. The van der Waals surface area contributed by atoms with Gasteiger partial charge in [0.15, 0.2) is 5.78 Å². The third-order valence-corrected chi connectivity index (χ3v) is 0.998. The van der Waals surface area contributed by atoms with Crippen LogP contribution in [0.25, 0.3) is 0 Å². The van der Waals surface area contributed by atoms with Crippen molar-refractivity contribution >= 4 is 13.6 Å². The molecule has 0 aliphatic carbocycles. The molecule has 9 heavy (non-hydrogen) atoms. The fourth-order valence-corrected chi connectivity index (χ4v) is 0.514. The van der Waals surface area contributed by atoms with Crippen molar-refractivity contribution in [1.82, 2.24) is 5.09 Å². The first kappa shape index (κ1) is 8.49. The molecule has 0 aliphatic rings. The molecule has 0 aliphatic heterocycles. The summed E-state index contributed by atoms with van der Waals surface area (Å²) in [5.74, 6) is -0.547. The quantitative estimate of drug-likeness (QED) is 0.515. The lowest BCUT2D eigenvalue weighted by molar-refractivity contribution is -0.120. The number of aliphatic hydroxyl groups is 1. The number of hydrogen-bond donors (Lipinski definition) is 2. The summed E-state index contributed by atoms with van der Waals surface area (Å²) in [5, 5.41) is 9.90. The smallest absolute Gasteiger partial charge is 0.389 e. The molecule has 0 amide bonds. The Labute approximate surface area is 51.9 Å². The van der Waals surface area contributed by atoms with Crippen molar-refractivity contribution in [3.05, 3.63) is 0 Å². The average Bonchev–Trinajstić information content (AvgIpc) is 1.83. The Morgan fingerprint density at radius 1 is 1.56 bits per heavy atom. The van der Waals surface area contributed by atoms with E-state index >= 15 is 0 Å². The van der Waals surface area contributed by atoms with Gasteiger partial charge in [-0.1, -0.05) is 0 Å². The van der Waals surface area contributed by atoms with Gasteiger partial charge >= 0.3 is 7.83 Å². The fraction of sp³-hybridized carbons (Fsp3) is 0.667. The molecule has 0 aromatic rings. The van der Waals surface area contributed by atoms with Crippen LogP contribution in [-0.4, -0.2) is 24.0 Å². The molecular formula is C3H6NO4P. The predicted molar refractivity (Wildman–Crippen MR) is 28.4 cm³/mol. The minimum Gasteiger partial charge on any atom is -0.389 e. The van der Waals surface area contributed by atoms with Crippen molar-refractivity contribution in [3.63, 3.8) is 0 Å². The van der Waals surface area contributed by atoms with Gasteiger partial charge < -0.3 is 5.11 Å². The van der Waals surface area contributed by atoms with Crippen LogP contribution >= 0.6 is 7.83 Å². The van der Waals surface area contributed by atoms with E-state index in [2.05, 4.69) is 0 Å². The van der Waals surface area contributed by atoms with Crippen LogP contribution in [0, 0.1) is 0 Å². The highest BCUT2D eigenvalue weighted by Gasteiger charge is 1.98. The summed E-state index contributed by atoms with van der Waals surface area (Å²) in [4.78, 5) is 10.1. The van der Waals surface area contributed by atoms with Crippen molar-refractivity contribution < 1.29 is 19.0 Å². The number of ketones is 1. The van der Waals surface area contributed by atoms with E-state index in [4.69, 9.17) is 5.11 Å². The molecule has 0 atom stereocenters. The summed E-state index contributed by atoms with van der Waals surface area (Å²) >= 11 is 0. The van der Waals surface area contributed by atoms with Gasteiger partial charge in [-0.2, -0.15) is 0 Å². The third kappa shape index (κ3) is 5.36. The lowest BCUT2D eigenvalue weighted by Gasteiger charge is -1.88. The number of Topliss-reactive ketones (excluding diaryl/α,β-unsaturated/α-hetero) is 1.